The normalized spacial score (nSPS) is 14.8. The Labute approximate surface area is 170 Å². The summed E-state index contributed by atoms with van der Waals surface area (Å²) >= 11 is 0. The molecule has 0 bridgehead atoms. The van der Waals surface area contributed by atoms with E-state index in [9.17, 15) is 22.8 Å². The largest absolute Gasteiger partial charge is 0.456 e. The first-order chi connectivity index (χ1) is 13.7. The number of amides is 2. The van der Waals surface area contributed by atoms with Gasteiger partial charge in [0.15, 0.2) is 6.61 Å². The molecule has 2 amide bonds. The lowest BCUT2D eigenvalue weighted by Gasteiger charge is -2.26. The SMILES string of the molecule is CC(=O)NCCC(=O)OCC(=O)Nc1ccc(C)c(S(=O)(=O)N2CCCCC2)c1. The quantitative estimate of drug-likeness (QED) is 0.603. The Bertz CT molecular complexity index is 863. The lowest BCUT2D eigenvalue weighted by molar-refractivity contribution is -0.147. The molecular weight excluding hydrogens is 398 g/mol. The van der Waals surface area contributed by atoms with Crippen LogP contribution in [0, 0.1) is 6.92 Å². The van der Waals surface area contributed by atoms with Gasteiger partial charge in [0, 0.05) is 32.2 Å². The number of hydrogen-bond acceptors (Lipinski definition) is 6. The molecule has 2 rings (SSSR count). The summed E-state index contributed by atoms with van der Waals surface area (Å²) in [6.07, 6.45) is 2.64. The second-order valence-electron chi connectivity index (χ2n) is 6.89. The molecule has 0 saturated carbocycles. The molecule has 0 unspecified atom stereocenters. The van der Waals surface area contributed by atoms with Crippen molar-refractivity contribution in [3.05, 3.63) is 23.8 Å². The van der Waals surface area contributed by atoms with Crippen LogP contribution in [-0.4, -0.2) is 56.7 Å². The summed E-state index contributed by atoms with van der Waals surface area (Å²) < 4.78 is 32.2. The monoisotopic (exact) mass is 425 g/mol. The Morgan fingerprint density at radius 3 is 2.48 bits per heavy atom. The van der Waals surface area contributed by atoms with Crippen molar-refractivity contribution in [2.75, 3.05) is 31.6 Å². The van der Waals surface area contributed by atoms with Gasteiger partial charge in [0.2, 0.25) is 15.9 Å². The van der Waals surface area contributed by atoms with Crippen LogP contribution in [0.25, 0.3) is 0 Å². The van der Waals surface area contributed by atoms with Crippen molar-refractivity contribution < 1.29 is 27.5 Å². The second-order valence-corrected chi connectivity index (χ2v) is 8.79. The standard InChI is InChI=1S/C19H27N3O6S/c1-14-6-7-16(12-17(14)29(26,27)22-10-4-3-5-11-22)21-18(24)13-28-19(25)8-9-20-15(2)23/h6-7,12H,3-5,8-11,13H2,1-2H3,(H,20,23)(H,21,24). The van der Waals surface area contributed by atoms with Crippen LogP contribution in [0.2, 0.25) is 0 Å². The highest BCUT2D eigenvalue weighted by Gasteiger charge is 2.27. The fourth-order valence-corrected chi connectivity index (χ4v) is 4.72. The zero-order valence-corrected chi connectivity index (χ0v) is 17.5. The van der Waals surface area contributed by atoms with Crippen LogP contribution in [0.3, 0.4) is 0 Å². The summed E-state index contributed by atoms with van der Waals surface area (Å²) in [5.74, 6) is -1.46. The molecule has 1 fully saturated rings. The molecule has 1 saturated heterocycles. The first kappa shape index (κ1) is 22.8. The fraction of sp³-hybridized carbons (Fsp3) is 0.526. The average Bonchev–Trinajstić information content (AvgIpc) is 2.68. The molecule has 160 valence electrons. The zero-order chi connectivity index (χ0) is 21.4. The smallest absolute Gasteiger partial charge is 0.308 e. The Hall–Kier alpha value is -2.46. The molecule has 1 aliphatic heterocycles. The van der Waals surface area contributed by atoms with Gasteiger partial charge in [0.1, 0.15) is 0 Å². The van der Waals surface area contributed by atoms with Crippen LogP contribution in [0.4, 0.5) is 5.69 Å². The highest BCUT2D eigenvalue weighted by Crippen LogP contribution is 2.26. The van der Waals surface area contributed by atoms with Gasteiger partial charge in [-0.25, -0.2) is 8.42 Å². The number of rotatable bonds is 8. The maximum Gasteiger partial charge on any atom is 0.308 e. The predicted molar refractivity (Wildman–Crippen MR) is 107 cm³/mol. The minimum atomic E-state index is -3.63. The summed E-state index contributed by atoms with van der Waals surface area (Å²) in [4.78, 5) is 34.5. The number of anilines is 1. The Morgan fingerprint density at radius 2 is 1.83 bits per heavy atom. The van der Waals surface area contributed by atoms with Crippen molar-refractivity contribution in [3.8, 4) is 0 Å². The molecular formula is C19H27N3O6S. The molecule has 0 atom stereocenters. The molecule has 2 N–H and O–H groups in total. The second kappa shape index (κ2) is 10.4. The third-order valence-electron chi connectivity index (χ3n) is 4.47. The third-order valence-corrected chi connectivity index (χ3v) is 6.51. The minimum absolute atomic E-state index is 0.0460. The molecule has 0 aromatic heterocycles. The number of carbonyl (C=O) groups is 3. The third kappa shape index (κ3) is 6.82. The van der Waals surface area contributed by atoms with Gasteiger partial charge in [-0.15, -0.1) is 0 Å². The lowest BCUT2D eigenvalue weighted by Crippen LogP contribution is -2.36. The van der Waals surface area contributed by atoms with Gasteiger partial charge >= 0.3 is 5.97 Å². The molecule has 0 radical (unpaired) electrons. The van der Waals surface area contributed by atoms with Crippen molar-refractivity contribution >= 4 is 33.5 Å². The topological polar surface area (TPSA) is 122 Å². The van der Waals surface area contributed by atoms with E-state index in [1.165, 1.54) is 17.3 Å². The van der Waals surface area contributed by atoms with Crippen molar-refractivity contribution in [3.63, 3.8) is 0 Å². The fourth-order valence-electron chi connectivity index (χ4n) is 2.96. The Balaban J connectivity index is 1.96. The van der Waals surface area contributed by atoms with Crippen molar-refractivity contribution in [1.82, 2.24) is 9.62 Å². The molecule has 10 heteroatoms. The van der Waals surface area contributed by atoms with Crippen molar-refractivity contribution in [2.45, 2.75) is 44.4 Å². The molecule has 0 aliphatic carbocycles. The van der Waals surface area contributed by atoms with Crippen LogP contribution in [0.5, 0.6) is 0 Å². The van der Waals surface area contributed by atoms with E-state index in [4.69, 9.17) is 4.74 Å². The van der Waals surface area contributed by atoms with E-state index in [1.54, 1.807) is 19.1 Å². The highest BCUT2D eigenvalue weighted by atomic mass is 32.2. The number of aryl methyl sites for hydroxylation is 1. The Kier molecular flexibility index (Phi) is 8.15. The number of esters is 1. The van der Waals surface area contributed by atoms with Gasteiger partial charge in [-0.2, -0.15) is 4.31 Å². The molecule has 1 aromatic rings. The van der Waals surface area contributed by atoms with E-state index in [2.05, 4.69) is 10.6 Å². The van der Waals surface area contributed by atoms with Crippen molar-refractivity contribution in [2.24, 2.45) is 0 Å². The van der Waals surface area contributed by atoms with Crippen LogP contribution >= 0.6 is 0 Å². The van der Waals surface area contributed by atoms with Gasteiger partial charge in [0.25, 0.3) is 5.91 Å². The summed E-state index contributed by atoms with van der Waals surface area (Å²) in [6.45, 7) is 3.66. The number of ether oxygens (including phenoxy) is 1. The van der Waals surface area contributed by atoms with Gasteiger partial charge < -0.3 is 15.4 Å². The van der Waals surface area contributed by atoms with Gasteiger partial charge in [-0.05, 0) is 37.5 Å². The molecule has 9 nitrogen and oxygen atoms in total. The van der Waals surface area contributed by atoms with E-state index in [1.807, 2.05) is 0 Å². The summed E-state index contributed by atoms with van der Waals surface area (Å²) in [5.41, 5.74) is 0.906. The number of nitrogens with one attached hydrogen (secondary N) is 2. The molecule has 1 aliphatic rings. The van der Waals surface area contributed by atoms with Gasteiger partial charge in [0.05, 0.1) is 11.3 Å². The van der Waals surface area contributed by atoms with E-state index in [-0.39, 0.29) is 23.8 Å². The first-order valence-corrected chi connectivity index (χ1v) is 10.9. The highest BCUT2D eigenvalue weighted by molar-refractivity contribution is 7.89. The summed E-state index contributed by atoms with van der Waals surface area (Å²) in [6, 6.07) is 4.66. The number of piperidine rings is 1. The Morgan fingerprint density at radius 1 is 1.14 bits per heavy atom. The maximum atomic E-state index is 12.9. The van der Waals surface area contributed by atoms with Crippen LogP contribution in [0.15, 0.2) is 23.1 Å². The molecule has 1 aromatic carbocycles. The zero-order valence-electron chi connectivity index (χ0n) is 16.7. The molecule has 1 heterocycles. The van der Waals surface area contributed by atoms with Crippen LogP contribution in [0.1, 0.15) is 38.2 Å². The lowest BCUT2D eigenvalue weighted by atomic mass is 10.2. The number of benzene rings is 1. The summed E-state index contributed by atoms with van der Waals surface area (Å²) in [5, 5.41) is 5.00. The van der Waals surface area contributed by atoms with Gasteiger partial charge in [-0.3, -0.25) is 14.4 Å². The van der Waals surface area contributed by atoms with Crippen LogP contribution < -0.4 is 10.6 Å². The molecule has 29 heavy (non-hydrogen) atoms. The predicted octanol–water partition coefficient (Wildman–Crippen LogP) is 1.18. The number of hydrogen-bond donors (Lipinski definition) is 2. The number of sulfonamides is 1. The summed E-state index contributed by atoms with van der Waals surface area (Å²) in [7, 11) is -3.63. The van der Waals surface area contributed by atoms with E-state index in [0.29, 0.717) is 24.3 Å². The van der Waals surface area contributed by atoms with E-state index < -0.39 is 28.5 Å². The molecule has 0 spiro atoms. The van der Waals surface area contributed by atoms with E-state index in [0.717, 1.165) is 19.3 Å². The number of carbonyl (C=O) groups excluding carboxylic acids is 3. The maximum absolute atomic E-state index is 12.9. The first-order valence-electron chi connectivity index (χ1n) is 9.51. The number of nitrogens with zero attached hydrogens (tertiary/aromatic N) is 1. The van der Waals surface area contributed by atoms with E-state index >= 15 is 0 Å². The average molecular weight is 426 g/mol. The van der Waals surface area contributed by atoms with Crippen LogP contribution in [-0.2, 0) is 29.1 Å². The minimum Gasteiger partial charge on any atom is -0.456 e. The van der Waals surface area contributed by atoms with Crippen molar-refractivity contribution in [1.29, 1.82) is 0 Å². The van der Waals surface area contributed by atoms with Gasteiger partial charge in [-0.1, -0.05) is 12.5 Å².